The largest absolute Gasteiger partial charge is 0.496 e. The molecule has 0 spiro atoms. The molecule has 0 saturated heterocycles. The Kier molecular flexibility index (Phi) is 6.48. The quantitative estimate of drug-likeness (QED) is 0.571. The Bertz CT molecular complexity index is 1130. The normalized spacial score (nSPS) is 15.5. The molecule has 1 aliphatic heterocycles. The van der Waals surface area contributed by atoms with Crippen LogP contribution in [0.5, 0.6) is 5.75 Å². The van der Waals surface area contributed by atoms with Gasteiger partial charge >= 0.3 is 0 Å². The highest BCUT2D eigenvalue weighted by Gasteiger charge is 2.27. The van der Waals surface area contributed by atoms with Crippen LogP contribution in [0.1, 0.15) is 33.9 Å². The van der Waals surface area contributed by atoms with Gasteiger partial charge in [-0.3, -0.25) is 4.90 Å². The number of thiophene rings is 1. The predicted molar refractivity (Wildman–Crippen MR) is 125 cm³/mol. The molecule has 1 unspecified atom stereocenters. The van der Waals surface area contributed by atoms with Crippen molar-refractivity contribution in [3.63, 3.8) is 0 Å². The van der Waals surface area contributed by atoms with Gasteiger partial charge in [0.2, 0.25) is 10.0 Å². The third-order valence-electron chi connectivity index (χ3n) is 5.94. The molecule has 164 valence electrons. The zero-order chi connectivity index (χ0) is 22.0. The first-order valence-electron chi connectivity index (χ1n) is 10.4. The van der Waals surface area contributed by atoms with E-state index in [0.717, 1.165) is 42.0 Å². The van der Waals surface area contributed by atoms with Crippen LogP contribution in [-0.2, 0) is 23.0 Å². The van der Waals surface area contributed by atoms with Crippen molar-refractivity contribution in [2.75, 3.05) is 20.2 Å². The molecule has 0 saturated carbocycles. The minimum Gasteiger partial charge on any atom is -0.496 e. The summed E-state index contributed by atoms with van der Waals surface area (Å²) in [6.45, 7) is 5.78. The Labute approximate surface area is 188 Å². The highest BCUT2D eigenvalue weighted by molar-refractivity contribution is 7.89. The maximum atomic E-state index is 13.1. The third-order valence-corrected chi connectivity index (χ3v) is 8.05. The lowest BCUT2D eigenvalue weighted by molar-refractivity contribution is 0.181. The fourth-order valence-electron chi connectivity index (χ4n) is 4.37. The van der Waals surface area contributed by atoms with Crippen LogP contribution in [0.3, 0.4) is 0 Å². The molecule has 31 heavy (non-hydrogen) atoms. The number of rotatable bonds is 7. The minimum atomic E-state index is -3.64. The van der Waals surface area contributed by atoms with Gasteiger partial charge in [-0.25, -0.2) is 13.1 Å². The number of sulfonamides is 1. The Morgan fingerprint density at radius 2 is 1.84 bits per heavy atom. The number of hydrogen-bond donors (Lipinski definition) is 1. The van der Waals surface area contributed by atoms with E-state index in [0.29, 0.717) is 6.54 Å². The highest BCUT2D eigenvalue weighted by atomic mass is 32.2. The van der Waals surface area contributed by atoms with Crippen LogP contribution in [0.15, 0.2) is 58.1 Å². The van der Waals surface area contributed by atoms with Gasteiger partial charge in [-0.2, -0.15) is 11.3 Å². The smallest absolute Gasteiger partial charge is 0.240 e. The van der Waals surface area contributed by atoms with Crippen molar-refractivity contribution >= 4 is 21.4 Å². The van der Waals surface area contributed by atoms with E-state index in [1.165, 1.54) is 11.1 Å². The van der Waals surface area contributed by atoms with Crippen LogP contribution in [0.25, 0.3) is 0 Å². The molecule has 5 nitrogen and oxygen atoms in total. The summed E-state index contributed by atoms with van der Waals surface area (Å²) >= 11 is 1.64. The molecule has 1 aromatic heterocycles. The molecular weight excluding hydrogens is 428 g/mol. The second-order valence-corrected chi connectivity index (χ2v) is 10.6. The fourth-order valence-corrected chi connectivity index (χ4v) is 6.28. The number of hydrogen-bond acceptors (Lipinski definition) is 5. The molecule has 0 aliphatic carbocycles. The first-order chi connectivity index (χ1) is 14.9. The fraction of sp³-hybridized carbons (Fsp3) is 0.333. The van der Waals surface area contributed by atoms with Gasteiger partial charge in [0.15, 0.2) is 0 Å². The second kappa shape index (κ2) is 9.12. The predicted octanol–water partition coefficient (Wildman–Crippen LogP) is 4.45. The number of fused-ring (bicyclic) bond motifs is 1. The van der Waals surface area contributed by atoms with E-state index in [2.05, 4.69) is 45.3 Å². The SMILES string of the molecule is COc1c(C)cc(S(=O)(=O)NCC(c2ccsc2)N2CCc3ccccc3C2)cc1C. The van der Waals surface area contributed by atoms with E-state index in [9.17, 15) is 8.42 Å². The van der Waals surface area contributed by atoms with Gasteiger partial charge in [-0.15, -0.1) is 0 Å². The molecule has 2 aromatic carbocycles. The lowest BCUT2D eigenvalue weighted by atomic mass is 9.97. The third kappa shape index (κ3) is 4.70. The van der Waals surface area contributed by atoms with Gasteiger partial charge in [-0.05, 0) is 77.0 Å². The van der Waals surface area contributed by atoms with Crippen molar-refractivity contribution in [2.45, 2.75) is 37.8 Å². The first-order valence-corrected chi connectivity index (χ1v) is 12.8. The van der Waals surface area contributed by atoms with Gasteiger partial charge in [0.25, 0.3) is 0 Å². The van der Waals surface area contributed by atoms with Crippen molar-refractivity contribution in [3.05, 3.63) is 81.0 Å². The van der Waals surface area contributed by atoms with Gasteiger partial charge < -0.3 is 4.74 Å². The minimum absolute atomic E-state index is 0.0187. The molecule has 0 bridgehead atoms. The average Bonchev–Trinajstić information content (AvgIpc) is 3.28. The average molecular weight is 457 g/mol. The molecule has 0 amide bonds. The summed E-state index contributed by atoms with van der Waals surface area (Å²) in [5.74, 6) is 0.724. The lowest BCUT2D eigenvalue weighted by Gasteiger charge is -2.35. The van der Waals surface area contributed by atoms with E-state index >= 15 is 0 Å². The van der Waals surface area contributed by atoms with Gasteiger partial charge in [-0.1, -0.05) is 24.3 Å². The summed E-state index contributed by atoms with van der Waals surface area (Å²) in [6, 6.07) is 13.9. The molecule has 0 radical (unpaired) electrons. The number of nitrogens with zero attached hydrogens (tertiary/aromatic N) is 1. The standard InChI is InChI=1S/C24H28N2O3S2/c1-17-12-22(13-18(2)24(17)29-3)31(27,28)25-14-23(21-9-11-30-16-21)26-10-8-19-6-4-5-7-20(19)15-26/h4-7,9,11-13,16,23,25H,8,10,14-15H2,1-3H3. The van der Waals surface area contributed by atoms with Crippen molar-refractivity contribution in [1.82, 2.24) is 9.62 Å². The number of aryl methyl sites for hydroxylation is 2. The Morgan fingerprint density at radius 1 is 1.13 bits per heavy atom. The zero-order valence-electron chi connectivity index (χ0n) is 18.1. The van der Waals surface area contributed by atoms with Crippen LogP contribution in [0, 0.1) is 13.8 Å². The molecule has 1 atom stereocenters. The molecule has 1 N–H and O–H groups in total. The molecule has 4 rings (SSSR count). The Hall–Kier alpha value is -2.19. The van der Waals surface area contributed by atoms with Crippen LogP contribution in [-0.4, -0.2) is 33.5 Å². The van der Waals surface area contributed by atoms with E-state index in [1.54, 1.807) is 30.6 Å². The number of ether oxygens (including phenoxy) is 1. The number of benzene rings is 2. The van der Waals surface area contributed by atoms with Crippen molar-refractivity contribution in [3.8, 4) is 5.75 Å². The first kappa shape index (κ1) is 22.0. The summed E-state index contributed by atoms with van der Waals surface area (Å²) in [6.07, 6.45) is 0.973. The van der Waals surface area contributed by atoms with E-state index < -0.39 is 10.0 Å². The topological polar surface area (TPSA) is 58.6 Å². The summed E-state index contributed by atoms with van der Waals surface area (Å²) in [4.78, 5) is 2.65. The van der Waals surface area contributed by atoms with E-state index in [1.807, 2.05) is 19.2 Å². The van der Waals surface area contributed by atoms with Crippen molar-refractivity contribution < 1.29 is 13.2 Å². The van der Waals surface area contributed by atoms with Crippen LogP contribution >= 0.6 is 11.3 Å². The van der Waals surface area contributed by atoms with E-state index in [4.69, 9.17) is 4.74 Å². The molecule has 7 heteroatoms. The van der Waals surface area contributed by atoms with Crippen LogP contribution in [0.2, 0.25) is 0 Å². The highest BCUT2D eigenvalue weighted by Crippen LogP contribution is 2.30. The lowest BCUT2D eigenvalue weighted by Crippen LogP contribution is -2.40. The summed E-state index contributed by atoms with van der Waals surface area (Å²) in [5, 5.41) is 4.16. The zero-order valence-corrected chi connectivity index (χ0v) is 19.7. The van der Waals surface area contributed by atoms with Crippen LogP contribution < -0.4 is 9.46 Å². The molecular formula is C24H28N2O3S2. The Morgan fingerprint density at radius 3 is 2.48 bits per heavy atom. The van der Waals surface area contributed by atoms with Gasteiger partial charge in [0.05, 0.1) is 12.0 Å². The number of methoxy groups -OCH3 is 1. The Balaban J connectivity index is 1.56. The monoisotopic (exact) mass is 456 g/mol. The van der Waals surface area contributed by atoms with Crippen molar-refractivity contribution in [1.29, 1.82) is 0 Å². The molecule has 3 aromatic rings. The van der Waals surface area contributed by atoms with Gasteiger partial charge in [0.1, 0.15) is 5.75 Å². The number of nitrogens with one attached hydrogen (secondary N) is 1. The maximum Gasteiger partial charge on any atom is 0.240 e. The molecule has 1 aliphatic rings. The summed E-state index contributed by atoms with van der Waals surface area (Å²) < 4.78 is 34.5. The maximum absolute atomic E-state index is 13.1. The summed E-state index contributed by atoms with van der Waals surface area (Å²) in [7, 11) is -2.04. The van der Waals surface area contributed by atoms with E-state index in [-0.39, 0.29) is 10.9 Å². The molecule has 2 heterocycles. The molecule has 0 fully saturated rings. The van der Waals surface area contributed by atoms with Crippen molar-refractivity contribution in [2.24, 2.45) is 0 Å². The second-order valence-electron chi connectivity index (χ2n) is 8.00. The summed E-state index contributed by atoms with van der Waals surface area (Å²) in [5.41, 5.74) is 5.47. The van der Waals surface area contributed by atoms with Crippen LogP contribution in [0.4, 0.5) is 0 Å². The van der Waals surface area contributed by atoms with Gasteiger partial charge in [0, 0.05) is 25.7 Å².